The third-order valence-corrected chi connectivity index (χ3v) is 10.7. The monoisotopic (exact) mass is 651 g/mol. The summed E-state index contributed by atoms with van der Waals surface area (Å²) in [5, 5.41) is 2.37. The average molecular weight is 652 g/mol. The van der Waals surface area contributed by atoms with Crippen molar-refractivity contribution in [3.05, 3.63) is 198 Å². The van der Waals surface area contributed by atoms with E-state index < -0.39 is 5.41 Å². The summed E-state index contributed by atoms with van der Waals surface area (Å²) in [7, 11) is 0. The van der Waals surface area contributed by atoms with Gasteiger partial charge in [-0.1, -0.05) is 152 Å². The Kier molecular flexibility index (Phi) is 5.84. The molecule has 0 fully saturated rings. The molecule has 2 aliphatic rings. The number of hydrogen-bond acceptors (Lipinski definition) is 3. The summed E-state index contributed by atoms with van der Waals surface area (Å²) >= 11 is 0. The Labute approximate surface area is 294 Å². The first-order chi connectivity index (χ1) is 25.3. The normalized spacial score (nSPS) is 13.4. The fourth-order valence-corrected chi connectivity index (χ4v) is 8.65. The van der Waals surface area contributed by atoms with Crippen LogP contribution in [-0.4, -0.2) is 14.5 Å². The van der Waals surface area contributed by atoms with Crippen LogP contribution >= 0.6 is 0 Å². The third kappa shape index (κ3) is 3.84. The van der Waals surface area contributed by atoms with Gasteiger partial charge in [-0.05, 0) is 34.9 Å². The number of nitrogens with zero attached hydrogens (tertiary/aromatic N) is 3. The van der Waals surface area contributed by atoms with E-state index in [1.165, 1.54) is 33.0 Å². The number of hydrogen-bond donors (Lipinski definition) is 0. The summed E-state index contributed by atoms with van der Waals surface area (Å²) in [6.07, 6.45) is 0. The van der Waals surface area contributed by atoms with Gasteiger partial charge in [-0.2, -0.15) is 0 Å². The standard InChI is InChI=1S/C47H29N3O/c1-3-15-30(16-4-1)39-29-43(49-46(48-39)31-17-5-2-6-18-31)50-40-24-12-8-19-32(40)33-27-28-38-44(45(33)50)34-20-7-9-21-35(34)47(38)36-22-10-13-25-41(36)51-42-26-14-11-23-37(42)47/h1-29H. The first-order valence-electron chi connectivity index (χ1n) is 17.3. The Morgan fingerprint density at radius 3 is 1.82 bits per heavy atom. The van der Waals surface area contributed by atoms with Crippen LogP contribution in [0, 0.1) is 0 Å². The highest BCUT2D eigenvalue weighted by atomic mass is 16.5. The molecule has 0 saturated carbocycles. The van der Waals surface area contributed by atoms with Crippen LogP contribution in [0.2, 0.25) is 0 Å². The molecule has 0 unspecified atom stereocenters. The molecule has 3 heterocycles. The van der Waals surface area contributed by atoms with E-state index >= 15 is 0 Å². The molecule has 7 aromatic carbocycles. The zero-order valence-corrected chi connectivity index (χ0v) is 27.5. The molecule has 0 bridgehead atoms. The molecule has 0 saturated heterocycles. The van der Waals surface area contributed by atoms with Gasteiger partial charge in [0.2, 0.25) is 0 Å². The first kappa shape index (κ1) is 28.1. The van der Waals surface area contributed by atoms with Gasteiger partial charge in [-0.3, -0.25) is 4.57 Å². The smallest absolute Gasteiger partial charge is 0.162 e. The zero-order chi connectivity index (χ0) is 33.5. The molecule has 0 amide bonds. The van der Waals surface area contributed by atoms with Crippen LogP contribution in [0.5, 0.6) is 11.5 Å². The van der Waals surface area contributed by atoms with E-state index in [0.29, 0.717) is 5.82 Å². The number of aromatic nitrogens is 3. The molecule has 2 aromatic heterocycles. The molecular formula is C47H29N3O. The summed E-state index contributed by atoms with van der Waals surface area (Å²) in [6, 6.07) is 62.2. The van der Waals surface area contributed by atoms with Gasteiger partial charge >= 0.3 is 0 Å². The molecule has 238 valence electrons. The maximum atomic E-state index is 6.61. The fraction of sp³-hybridized carbons (Fsp3) is 0.0213. The summed E-state index contributed by atoms with van der Waals surface area (Å²) in [6.45, 7) is 0. The van der Waals surface area contributed by atoms with E-state index in [1.54, 1.807) is 0 Å². The minimum absolute atomic E-state index is 0.567. The predicted octanol–water partition coefficient (Wildman–Crippen LogP) is 11.4. The predicted molar refractivity (Wildman–Crippen MR) is 205 cm³/mol. The second kappa shape index (κ2) is 10.6. The molecule has 4 heteroatoms. The Bertz CT molecular complexity index is 2730. The quantitative estimate of drug-likeness (QED) is 0.191. The van der Waals surface area contributed by atoms with Gasteiger partial charge in [0.05, 0.1) is 22.1 Å². The lowest BCUT2D eigenvalue weighted by Gasteiger charge is -2.39. The highest BCUT2D eigenvalue weighted by Crippen LogP contribution is 2.63. The van der Waals surface area contributed by atoms with Crippen molar-refractivity contribution in [1.82, 2.24) is 14.5 Å². The van der Waals surface area contributed by atoms with Crippen LogP contribution in [0.1, 0.15) is 22.3 Å². The number of para-hydroxylation sites is 3. The van der Waals surface area contributed by atoms with Gasteiger partial charge in [0.25, 0.3) is 0 Å². The fourth-order valence-electron chi connectivity index (χ4n) is 8.65. The number of rotatable bonds is 3. The second-order valence-electron chi connectivity index (χ2n) is 13.3. The van der Waals surface area contributed by atoms with Gasteiger partial charge in [0, 0.05) is 44.7 Å². The van der Waals surface area contributed by atoms with Crippen molar-refractivity contribution in [2.75, 3.05) is 0 Å². The summed E-state index contributed by atoms with van der Waals surface area (Å²) in [5.74, 6) is 3.29. The van der Waals surface area contributed by atoms with Crippen LogP contribution in [0.25, 0.3) is 61.4 Å². The minimum atomic E-state index is -0.567. The van der Waals surface area contributed by atoms with E-state index in [2.05, 4.69) is 156 Å². The first-order valence-corrected chi connectivity index (χ1v) is 17.3. The van der Waals surface area contributed by atoms with Gasteiger partial charge in [0.15, 0.2) is 5.82 Å². The molecule has 1 aliphatic heterocycles. The van der Waals surface area contributed by atoms with Gasteiger partial charge in [-0.25, -0.2) is 9.97 Å². The van der Waals surface area contributed by atoms with E-state index in [1.807, 2.05) is 24.3 Å². The van der Waals surface area contributed by atoms with E-state index in [4.69, 9.17) is 14.7 Å². The molecule has 0 atom stereocenters. The van der Waals surface area contributed by atoms with Gasteiger partial charge in [0.1, 0.15) is 17.3 Å². The minimum Gasteiger partial charge on any atom is -0.457 e. The van der Waals surface area contributed by atoms with Crippen molar-refractivity contribution < 1.29 is 4.74 Å². The van der Waals surface area contributed by atoms with E-state index in [0.717, 1.165) is 56.3 Å². The van der Waals surface area contributed by atoms with Crippen LogP contribution in [0.3, 0.4) is 0 Å². The molecular weight excluding hydrogens is 623 g/mol. The summed E-state index contributed by atoms with van der Waals surface area (Å²) in [4.78, 5) is 10.5. The lowest BCUT2D eigenvalue weighted by Crippen LogP contribution is -2.32. The second-order valence-corrected chi connectivity index (χ2v) is 13.3. The Morgan fingerprint density at radius 1 is 0.471 bits per heavy atom. The van der Waals surface area contributed by atoms with Crippen LogP contribution in [0.15, 0.2) is 176 Å². The molecule has 0 radical (unpaired) electrons. The SMILES string of the molecule is c1ccc(-c2cc(-n3c4ccccc4c4ccc5c(c43)-c3ccccc3C53c4ccccc4Oc4ccccc43)nc(-c3ccccc3)n2)cc1. The van der Waals surface area contributed by atoms with Gasteiger partial charge in [-0.15, -0.1) is 0 Å². The highest BCUT2D eigenvalue weighted by Gasteiger charge is 2.51. The Balaban J connectivity index is 1.31. The van der Waals surface area contributed by atoms with Crippen molar-refractivity contribution in [2.24, 2.45) is 0 Å². The maximum Gasteiger partial charge on any atom is 0.162 e. The summed E-state index contributed by atoms with van der Waals surface area (Å²) < 4.78 is 8.98. The highest BCUT2D eigenvalue weighted by molar-refractivity contribution is 6.16. The molecule has 9 aromatic rings. The molecule has 1 spiro atoms. The van der Waals surface area contributed by atoms with E-state index in [9.17, 15) is 0 Å². The van der Waals surface area contributed by atoms with Crippen LogP contribution < -0.4 is 4.74 Å². The van der Waals surface area contributed by atoms with Crippen molar-refractivity contribution in [1.29, 1.82) is 0 Å². The van der Waals surface area contributed by atoms with Crippen LogP contribution in [-0.2, 0) is 5.41 Å². The van der Waals surface area contributed by atoms with E-state index in [-0.39, 0.29) is 0 Å². The van der Waals surface area contributed by atoms with Crippen molar-refractivity contribution in [2.45, 2.75) is 5.41 Å². The third-order valence-electron chi connectivity index (χ3n) is 10.7. The molecule has 51 heavy (non-hydrogen) atoms. The molecule has 11 rings (SSSR count). The van der Waals surface area contributed by atoms with Crippen molar-refractivity contribution >= 4 is 21.8 Å². The molecule has 0 N–H and O–H groups in total. The summed E-state index contributed by atoms with van der Waals surface area (Å²) in [5.41, 5.74) is 11.8. The Hall–Kier alpha value is -6.78. The Morgan fingerprint density at radius 2 is 1.08 bits per heavy atom. The number of benzene rings is 7. The molecule has 1 aliphatic carbocycles. The van der Waals surface area contributed by atoms with Crippen LogP contribution in [0.4, 0.5) is 0 Å². The number of ether oxygens (including phenoxy) is 1. The zero-order valence-electron chi connectivity index (χ0n) is 27.5. The van der Waals surface area contributed by atoms with Crippen molar-refractivity contribution in [3.63, 3.8) is 0 Å². The average Bonchev–Trinajstić information content (AvgIpc) is 3.70. The lowest BCUT2D eigenvalue weighted by atomic mass is 9.66. The molecule has 4 nitrogen and oxygen atoms in total. The maximum absolute atomic E-state index is 6.61. The number of fused-ring (bicyclic) bond motifs is 13. The van der Waals surface area contributed by atoms with Crippen molar-refractivity contribution in [3.8, 4) is 51.1 Å². The largest absolute Gasteiger partial charge is 0.457 e. The lowest BCUT2D eigenvalue weighted by molar-refractivity contribution is 0.436. The van der Waals surface area contributed by atoms with Gasteiger partial charge < -0.3 is 4.74 Å². The topological polar surface area (TPSA) is 39.9 Å².